The molecular formula is C34H34Cl2N6O5. The number of fused-ring (bicyclic) bond motifs is 1. The van der Waals surface area contributed by atoms with Crippen molar-refractivity contribution in [1.82, 2.24) is 24.8 Å². The zero-order chi connectivity index (χ0) is 33.6. The predicted molar refractivity (Wildman–Crippen MR) is 181 cm³/mol. The summed E-state index contributed by atoms with van der Waals surface area (Å²) in [6.07, 6.45) is 2.55. The molecule has 2 aromatic carbocycles. The lowest BCUT2D eigenvalue weighted by molar-refractivity contribution is -0.119. The molecule has 0 saturated carbocycles. The Hall–Kier alpha value is -4.45. The molecule has 47 heavy (non-hydrogen) atoms. The molecule has 3 N–H and O–H groups in total. The fraction of sp³-hybridized carbons (Fsp3) is 0.324. The van der Waals surface area contributed by atoms with E-state index in [1.165, 1.54) is 20.3 Å². The highest BCUT2D eigenvalue weighted by atomic mass is 35.5. The minimum atomic E-state index is -0.718. The van der Waals surface area contributed by atoms with E-state index >= 15 is 0 Å². The first-order chi connectivity index (χ1) is 22.5. The van der Waals surface area contributed by atoms with Gasteiger partial charge in [0.05, 0.1) is 28.5 Å². The summed E-state index contributed by atoms with van der Waals surface area (Å²) < 4.78 is 7.85. The highest BCUT2D eigenvalue weighted by Gasteiger charge is 2.35. The van der Waals surface area contributed by atoms with E-state index in [4.69, 9.17) is 32.9 Å². The van der Waals surface area contributed by atoms with Crippen LogP contribution in [0.15, 0.2) is 58.3 Å². The van der Waals surface area contributed by atoms with Gasteiger partial charge in [0, 0.05) is 68.1 Å². The van der Waals surface area contributed by atoms with Gasteiger partial charge >= 0.3 is 5.69 Å². The Morgan fingerprint density at radius 2 is 1.74 bits per heavy atom. The number of aryl methyl sites for hydroxylation is 1. The van der Waals surface area contributed by atoms with Crippen molar-refractivity contribution in [3.8, 4) is 28.3 Å². The molecule has 3 atom stereocenters. The van der Waals surface area contributed by atoms with Crippen LogP contribution in [0, 0.1) is 11.8 Å². The van der Waals surface area contributed by atoms with Crippen molar-refractivity contribution in [2.24, 2.45) is 25.9 Å². The molecule has 6 rings (SSSR count). The van der Waals surface area contributed by atoms with Crippen LogP contribution in [0.2, 0.25) is 10.0 Å². The molecule has 13 heteroatoms. The van der Waals surface area contributed by atoms with Gasteiger partial charge in [-0.1, -0.05) is 60.5 Å². The summed E-state index contributed by atoms with van der Waals surface area (Å²) in [7, 11) is 4.38. The summed E-state index contributed by atoms with van der Waals surface area (Å²) in [5.74, 6) is 0.447. The number of carbonyl (C=O) groups excluding carboxylic acids is 2. The first-order valence-corrected chi connectivity index (χ1v) is 16.0. The Morgan fingerprint density at radius 3 is 2.45 bits per heavy atom. The molecule has 1 aliphatic heterocycles. The van der Waals surface area contributed by atoms with E-state index < -0.39 is 17.2 Å². The molecule has 1 aliphatic carbocycles. The summed E-state index contributed by atoms with van der Waals surface area (Å²) in [5, 5.41) is 9.89. The van der Waals surface area contributed by atoms with Crippen LogP contribution in [0.25, 0.3) is 22.4 Å². The number of benzene rings is 2. The zero-order valence-corrected chi connectivity index (χ0v) is 27.8. The van der Waals surface area contributed by atoms with E-state index in [-0.39, 0.29) is 34.1 Å². The minimum absolute atomic E-state index is 0.0386. The van der Waals surface area contributed by atoms with E-state index in [1.807, 2.05) is 24.3 Å². The Morgan fingerprint density at radius 1 is 1.04 bits per heavy atom. The molecule has 4 aromatic rings. The molecule has 0 bridgehead atoms. The maximum Gasteiger partial charge on any atom is 0.330 e. The monoisotopic (exact) mass is 676 g/mol. The topological polar surface area (TPSA) is 136 Å². The lowest BCUT2D eigenvalue weighted by Crippen LogP contribution is -2.40. The van der Waals surface area contributed by atoms with E-state index in [9.17, 15) is 19.2 Å². The van der Waals surface area contributed by atoms with Gasteiger partial charge in [-0.15, -0.1) is 0 Å². The average Bonchev–Trinajstić information content (AvgIpc) is 3.62. The summed E-state index contributed by atoms with van der Waals surface area (Å²) in [6, 6.07) is 12.8. The van der Waals surface area contributed by atoms with Crippen LogP contribution >= 0.6 is 23.2 Å². The number of halogens is 2. The molecular weight excluding hydrogens is 643 g/mol. The standard InChI is InChI=1S/C34H34Cl2N6O5/c1-17-11-19-13-25(40-32(47-4)27(19)30(17)38-15-18-12-26(43)37-14-18)22-9-5-7-20(28(22)35)21-8-6-10-24(29(21)36)39-31(44)23-16-41(2)34(46)42(3)33(23)45/h5-10,13,16-18,30,38H,11-12,14-15H2,1-4H3,(H,37,43)(H,39,44)/t17-,18+,30+/m1/s1. The number of aromatic nitrogens is 3. The molecule has 3 heterocycles. The van der Waals surface area contributed by atoms with Gasteiger partial charge in [-0.3, -0.25) is 19.0 Å². The van der Waals surface area contributed by atoms with Crippen LogP contribution < -0.4 is 31.9 Å². The maximum atomic E-state index is 13.1. The zero-order valence-electron chi connectivity index (χ0n) is 26.3. The van der Waals surface area contributed by atoms with Gasteiger partial charge in [-0.2, -0.15) is 0 Å². The molecule has 2 aromatic heterocycles. The molecule has 11 nitrogen and oxygen atoms in total. The smallest absolute Gasteiger partial charge is 0.330 e. The van der Waals surface area contributed by atoms with Crippen LogP contribution in [-0.2, 0) is 25.3 Å². The summed E-state index contributed by atoms with van der Waals surface area (Å²) in [5.41, 5.74) is 3.47. The number of nitrogens with zero attached hydrogens (tertiary/aromatic N) is 3. The van der Waals surface area contributed by atoms with Crippen molar-refractivity contribution in [2.45, 2.75) is 25.8 Å². The normalized spacial score (nSPS) is 18.6. The number of carbonyl (C=O) groups is 2. The predicted octanol–water partition coefficient (Wildman–Crippen LogP) is 4.34. The SMILES string of the molecule is COc1nc(-c2cccc(-c3cccc(NC(=O)c4cn(C)c(=O)n(C)c4=O)c3Cl)c2Cl)cc2c1[C@@H](NC[C@@H]1CNC(=O)C1)[C@H](C)C2. The molecule has 244 valence electrons. The van der Waals surface area contributed by atoms with E-state index in [0.29, 0.717) is 58.7 Å². The number of pyridine rings is 1. The number of anilines is 1. The molecule has 2 aliphatic rings. The highest BCUT2D eigenvalue weighted by Crippen LogP contribution is 2.45. The second kappa shape index (κ2) is 13.0. The third-order valence-electron chi connectivity index (χ3n) is 8.92. The van der Waals surface area contributed by atoms with E-state index in [1.54, 1.807) is 25.3 Å². The Kier molecular flexibility index (Phi) is 8.97. The molecule has 0 spiro atoms. The number of hydrogen-bond donors (Lipinski definition) is 3. The molecule has 1 saturated heterocycles. The fourth-order valence-corrected chi connectivity index (χ4v) is 7.06. The molecule has 2 amide bonds. The molecule has 0 radical (unpaired) electrons. The van der Waals surface area contributed by atoms with E-state index in [0.717, 1.165) is 26.7 Å². The minimum Gasteiger partial charge on any atom is -0.481 e. The summed E-state index contributed by atoms with van der Waals surface area (Å²) in [4.78, 5) is 54.4. The van der Waals surface area contributed by atoms with Crippen molar-refractivity contribution in [3.63, 3.8) is 0 Å². The average molecular weight is 678 g/mol. The number of hydrogen-bond acceptors (Lipinski definition) is 7. The van der Waals surface area contributed by atoms with Crippen LogP contribution in [0.4, 0.5) is 5.69 Å². The highest BCUT2D eigenvalue weighted by molar-refractivity contribution is 6.39. The van der Waals surface area contributed by atoms with Crippen molar-refractivity contribution >= 4 is 40.7 Å². The van der Waals surface area contributed by atoms with Gasteiger partial charge in [0.1, 0.15) is 5.56 Å². The first-order valence-electron chi connectivity index (χ1n) is 15.2. The van der Waals surface area contributed by atoms with Gasteiger partial charge in [-0.05, 0) is 36.0 Å². The number of amides is 2. The fourth-order valence-electron chi connectivity index (χ4n) is 6.46. The van der Waals surface area contributed by atoms with Crippen molar-refractivity contribution in [2.75, 3.05) is 25.5 Å². The van der Waals surface area contributed by atoms with Gasteiger partial charge < -0.3 is 25.3 Å². The Bertz CT molecular complexity index is 2040. The second-order valence-corrected chi connectivity index (χ2v) is 12.9. The maximum absolute atomic E-state index is 13.1. The summed E-state index contributed by atoms with van der Waals surface area (Å²) >= 11 is 13.9. The largest absolute Gasteiger partial charge is 0.481 e. The second-order valence-electron chi connectivity index (χ2n) is 12.1. The van der Waals surface area contributed by atoms with Crippen LogP contribution in [-0.4, -0.2) is 46.1 Å². The van der Waals surface area contributed by atoms with Crippen molar-refractivity contribution in [3.05, 3.63) is 96.2 Å². The Labute approximate surface area is 280 Å². The first kappa shape index (κ1) is 32.5. The van der Waals surface area contributed by atoms with Gasteiger partial charge in [0.25, 0.3) is 11.5 Å². The molecule has 1 fully saturated rings. The number of ether oxygens (including phenoxy) is 1. The quantitative estimate of drug-likeness (QED) is 0.253. The van der Waals surface area contributed by atoms with Crippen LogP contribution in [0.3, 0.4) is 0 Å². The summed E-state index contributed by atoms with van der Waals surface area (Å²) in [6.45, 7) is 3.58. The van der Waals surface area contributed by atoms with Gasteiger partial charge in [0.15, 0.2) is 0 Å². The third-order valence-corrected chi connectivity index (χ3v) is 9.73. The van der Waals surface area contributed by atoms with Gasteiger partial charge in [-0.25, -0.2) is 9.78 Å². The van der Waals surface area contributed by atoms with Crippen molar-refractivity contribution in [1.29, 1.82) is 0 Å². The number of rotatable bonds is 8. The lowest BCUT2D eigenvalue weighted by atomic mass is 9.99. The number of nitrogens with one attached hydrogen (secondary N) is 3. The van der Waals surface area contributed by atoms with Gasteiger partial charge in [0.2, 0.25) is 11.8 Å². The van der Waals surface area contributed by atoms with Crippen LogP contribution in [0.5, 0.6) is 5.88 Å². The lowest BCUT2D eigenvalue weighted by Gasteiger charge is -2.22. The molecule has 0 unspecified atom stereocenters. The van der Waals surface area contributed by atoms with E-state index in [2.05, 4.69) is 22.9 Å². The third kappa shape index (κ3) is 6.06. The van der Waals surface area contributed by atoms with Crippen molar-refractivity contribution < 1.29 is 14.3 Å². The number of methoxy groups -OCH3 is 1. The Balaban J connectivity index is 1.31. The van der Waals surface area contributed by atoms with Crippen LogP contribution in [0.1, 0.15) is 40.9 Å².